The van der Waals surface area contributed by atoms with Crippen molar-refractivity contribution in [2.24, 2.45) is 4.99 Å². The summed E-state index contributed by atoms with van der Waals surface area (Å²) >= 11 is 1.45. The van der Waals surface area contributed by atoms with E-state index in [2.05, 4.69) is 25.9 Å². The van der Waals surface area contributed by atoms with Crippen LogP contribution in [0.15, 0.2) is 46.9 Å². The summed E-state index contributed by atoms with van der Waals surface area (Å²) in [7, 11) is 0. The summed E-state index contributed by atoms with van der Waals surface area (Å²) < 4.78 is 0. The third-order valence-corrected chi connectivity index (χ3v) is 4.01. The van der Waals surface area contributed by atoms with Gasteiger partial charge in [0.1, 0.15) is 0 Å². The van der Waals surface area contributed by atoms with Crippen molar-refractivity contribution in [1.82, 2.24) is 20.9 Å². The monoisotopic (exact) mass is 345 g/mol. The Kier molecular flexibility index (Phi) is 7.76. The molecule has 0 spiro atoms. The molecular weight excluding hydrogens is 322 g/mol. The number of hydrogen-bond donors (Lipinski definition) is 3. The first-order chi connectivity index (χ1) is 11.8. The SMILES string of the molecule is CCNC(=NCc1ccccn1)NCCCNC(=O)c1cccs1. The minimum absolute atomic E-state index is 0.0132. The maximum absolute atomic E-state index is 11.8. The van der Waals surface area contributed by atoms with Crippen LogP contribution in [0.3, 0.4) is 0 Å². The Bertz CT molecular complexity index is 628. The average Bonchev–Trinajstić information content (AvgIpc) is 3.15. The van der Waals surface area contributed by atoms with Crippen LogP contribution >= 0.6 is 11.3 Å². The molecule has 6 nitrogen and oxygen atoms in total. The Balaban J connectivity index is 1.68. The van der Waals surface area contributed by atoms with Gasteiger partial charge in [-0.05, 0) is 36.9 Å². The van der Waals surface area contributed by atoms with Crippen LogP contribution < -0.4 is 16.0 Å². The molecule has 1 amide bonds. The van der Waals surface area contributed by atoms with Crippen LogP contribution in [0.2, 0.25) is 0 Å². The molecule has 0 saturated carbocycles. The van der Waals surface area contributed by atoms with Crippen molar-refractivity contribution in [3.63, 3.8) is 0 Å². The second-order valence-corrected chi connectivity index (χ2v) is 5.98. The van der Waals surface area contributed by atoms with E-state index in [0.717, 1.165) is 36.0 Å². The number of nitrogens with one attached hydrogen (secondary N) is 3. The molecule has 0 aliphatic rings. The Hall–Kier alpha value is -2.41. The minimum atomic E-state index is -0.0132. The number of carbonyl (C=O) groups excluding carboxylic acids is 1. The molecule has 24 heavy (non-hydrogen) atoms. The third-order valence-electron chi connectivity index (χ3n) is 3.15. The number of aromatic nitrogens is 1. The van der Waals surface area contributed by atoms with Crippen molar-refractivity contribution in [3.8, 4) is 0 Å². The summed E-state index contributed by atoms with van der Waals surface area (Å²) in [5.74, 6) is 0.744. The molecule has 2 aromatic heterocycles. The van der Waals surface area contributed by atoms with Gasteiger partial charge in [-0.3, -0.25) is 9.78 Å². The molecule has 2 aromatic rings. The Morgan fingerprint density at radius 2 is 2.04 bits per heavy atom. The zero-order chi connectivity index (χ0) is 17.0. The zero-order valence-corrected chi connectivity index (χ0v) is 14.6. The fraction of sp³-hybridized carbons (Fsp3) is 0.353. The molecule has 7 heteroatoms. The highest BCUT2D eigenvalue weighted by molar-refractivity contribution is 7.12. The number of aliphatic imine (C=N–C) groups is 1. The van der Waals surface area contributed by atoms with E-state index >= 15 is 0 Å². The number of rotatable bonds is 8. The van der Waals surface area contributed by atoms with Crippen LogP contribution in [0.1, 0.15) is 28.7 Å². The molecule has 128 valence electrons. The fourth-order valence-corrected chi connectivity index (χ4v) is 2.63. The maximum Gasteiger partial charge on any atom is 0.261 e. The largest absolute Gasteiger partial charge is 0.357 e. The summed E-state index contributed by atoms with van der Waals surface area (Å²) in [6, 6.07) is 9.50. The Labute approximate surface area is 146 Å². The van der Waals surface area contributed by atoms with Gasteiger partial charge in [-0.25, -0.2) is 4.99 Å². The van der Waals surface area contributed by atoms with E-state index in [1.165, 1.54) is 11.3 Å². The van der Waals surface area contributed by atoms with Crippen molar-refractivity contribution >= 4 is 23.2 Å². The summed E-state index contributed by atoms with van der Waals surface area (Å²) in [4.78, 5) is 21.3. The molecule has 0 aliphatic heterocycles. The highest BCUT2D eigenvalue weighted by Crippen LogP contribution is 2.07. The predicted molar refractivity (Wildman–Crippen MR) is 98.3 cm³/mol. The lowest BCUT2D eigenvalue weighted by molar-refractivity contribution is 0.0957. The normalized spacial score (nSPS) is 11.1. The van der Waals surface area contributed by atoms with Gasteiger partial charge in [0, 0.05) is 25.8 Å². The standard InChI is InChI=1S/C17H23N5OS/c1-2-18-17(22-13-14-7-3-4-9-19-14)21-11-6-10-20-16(23)15-8-5-12-24-15/h3-5,7-9,12H,2,6,10-11,13H2,1H3,(H,20,23)(H2,18,21,22). The smallest absolute Gasteiger partial charge is 0.261 e. The van der Waals surface area contributed by atoms with Crippen molar-refractivity contribution in [2.75, 3.05) is 19.6 Å². The second-order valence-electron chi connectivity index (χ2n) is 5.03. The molecule has 2 heterocycles. The molecule has 0 unspecified atom stereocenters. The van der Waals surface area contributed by atoms with Crippen molar-refractivity contribution in [2.45, 2.75) is 19.9 Å². The van der Waals surface area contributed by atoms with E-state index in [1.54, 1.807) is 6.20 Å². The molecule has 0 aliphatic carbocycles. The van der Waals surface area contributed by atoms with Gasteiger partial charge >= 0.3 is 0 Å². The first-order valence-corrected chi connectivity index (χ1v) is 8.91. The van der Waals surface area contributed by atoms with E-state index in [4.69, 9.17) is 0 Å². The lowest BCUT2D eigenvalue weighted by atomic mass is 10.3. The van der Waals surface area contributed by atoms with Crippen molar-refractivity contribution in [3.05, 3.63) is 52.5 Å². The van der Waals surface area contributed by atoms with Gasteiger partial charge in [0.2, 0.25) is 0 Å². The highest BCUT2D eigenvalue weighted by atomic mass is 32.1. The van der Waals surface area contributed by atoms with Gasteiger partial charge in [-0.2, -0.15) is 0 Å². The highest BCUT2D eigenvalue weighted by Gasteiger charge is 2.04. The molecule has 0 radical (unpaired) electrons. The van der Waals surface area contributed by atoms with Gasteiger partial charge in [0.25, 0.3) is 5.91 Å². The van der Waals surface area contributed by atoms with Crippen LogP contribution in [-0.4, -0.2) is 36.5 Å². The summed E-state index contributed by atoms with van der Waals surface area (Å²) in [6.45, 7) is 4.72. The summed E-state index contributed by atoms with van der Waals surface area (Å²) in [5.41, 5.74) is 0.929. The van der Waals surface area contributed by atoms with E-state index in [-0.39, 0.29) is 5.91 Å². The van der Waals surface area contributed by atoms with Crippen molar-refractivity contribution in [1.29, 1.82) is 0 Å². The molecule has 2 rings (SSSR count). The predicted octanol–water partition coefficient (Wildman–Crippen LogP) is 2.02. The molecule has 0 fully saturated rings. The van der Waals surface area contributed by atoms with Crippen LogP contribution in [0.25, 0.3) is 0 Å². The van der Waals surface area contributed by atoms with E-state index < -0.39 is 0 Å². The number of hydrogen-bond acceptors (Lipinski definition) is 4. The number of carbonyl (C=O) groups is 1. The van der Waals surface area contributed by atoms with Crippen LogP contribution in [0.4, 0.5) is 0 Å². The molecule has 0 bridgehead atoms. The molecule has 3 N–H and O–H groups in total. The van der Waals surface area contributed by atoms with E-state index in [0.29, 0.717) is 13.1 Å². The van der Waals surface area contributed by atoms with Gasteiger partial charge in [0.05, 0.1) is 17.1 Å². The van der Waals surface area contributed by atoms with Gasteiger partial charge < -0.3 is 16.0 Å². The van der Waals surface area contributed by atoms with Gasteiger partial charge in [-0.15, -0.1) is 11.3 Å². The first kappa shape index (κ1) is 17.9. The number of guanidine groups is 1. The van der Waals surface area contributed by atoms with E-state index in [1.807, 2.05) is 42.6 Å². The third kappa shape index (κ3) is 6.37. The van der Waals surface area contributed by atoms with Crippen LogP contribution in [-0.2, 0) is 6.54 Å². The minimum Gasteiger partial charge on any atom is -0.357 e. The molecular formula is C17H23N5OS. The van der Waals surface area contributed by atoms with Crippen LogP contribution in [0, 0.1) is 0 Å². The summed E-state index contributed by atoms with van der Waals surface area (Å²) in [6.07, 6.45) is 2.59. The Morgan fingerprint density at radius 3 is 2.75 bits per heavy atom. The maximum atomic E-state index is 11.8. The van der Waals surface area contributed by atoms with Gasteiger partial charge in [0.15, 0.2) is 5.96 Å². The number of nitrogens with zero attached hydrogens (tertiary/aromatic N) is 2. The number of thiophene rings is 1. The quantitative estimate of drug-likeness (QED) is 0.389. The molecule has 0 saturated heterocycles. The fourth-order valence-electron chi connectivity index (χ4n) is 1.99. The average molecular weight is 345 g/mol. The first-order valence-electron chi connectivity index (χ1n) is 8.03. The lowest BCUT2D eigenvalue weighted by Gasteiger charge is -2.11. The zero-order valence-electron chi connectivity index (χ0n) is 13.8. The summed E-state index contributed by atoms with van der Waals surface area (Å²) in [5, 5.41) is 11.3. The molecule has 0 aromatic carbocycles. The number of amides is 1. The Morgan fingerprint density at radius 1 is 1.17 bits per heavy atom. The molecule has 0 atom stereocenters. The second kappa shape index (κ2) is 10.4. The topological polar surface area (TPSA) is 78.4 Å². The van der Waals surface area contributed by atoms with Gasteiger partial charge in [-0.1, -0.05) is 12.1 Å². The lowest BCUT2D eigenvalue weighted by Crippen LogP contribution is -2.38. The van der Waals surface area contributed by atoms with E-state index in [9.17, 15) is 4.79 Å². The van der Waals surface area contributed by atoms with Crippen molar-refractivity contribution < 1.29 is 4.79 Å². The number of pyridine rings is 1. The van der Waals surface area contributed by atoms with Crippen LogP contribution in [0.5, 0.6) is 0 Å².